The summed E-state index contributed by atoms with van der Waals surface area (Å²) in [7, 11) is 3.44. The number of benzene rings is 1. The van der Waals surface area contributed by atoms with Crippen LogP contribution in [0.3, 0.4) is 0 Å². The number of morpholine rings is 1. The SMILES string of the molecule is CN=C(NCC(C)Oc1ccccc1OC)NCC(c1cccs1)N1CCOC(C)C1. The number of methoxy groups -OCH3 is 1. The van der Waals surface area contributed by atoms with Crippen LogP contribution in [-0.4, -0.2) is 70.0 Å². The van der Waals surface area contributed by atoms with E-state index in [1.165, 1.54) is 4.88 Å². The normalized spacial score (nSPS) is 19.5. The lowest BCUT2D eigenvalue weighted by Crippen LogP contribution is -2.48. The molecule has 3 unspecified atom stereocenters. The first-order valence-electron chi connectivity index (χ1n) is 10.7. The molecule has 0 radical (unpaired) electrons. The minimum Gasteiger partial charge on any atom is -0.493 e. The van der Waals surface area contributed by atoms with E-state index in [9.17, 15) is 0 Å². The Balaban J connectivity index is 1.53. The minimum atomic E-state index is -0.0527. The fourth-order valence-corrected chi connectivity index (χ4v) is 4.51. The van der Waals surface area contributed by atoms with Crippen LogP contribution in [0.15, 0.2) is 46.8 Å². The molecule has 1 aromatic carbocycles. The minimum absolute atomic E-state index is 0.0527. The Morgan fingerprint density at radius 1 is 1.23 bits per heavy atom. The molecule has 2 heterocycles. The Morgan fingerprint density at radius 2 is 2.00 bits per heavy atom. The van der Waals surface area contributed by atoms with Crippen LogP contribution in [0.1, 0.15) is 24.8 Å². The number of ether oxygens (including phenoxy) is 3. The fraction of sp³-hybridized carbons (Fsp3) is 0.522. The van der Waals surface area contributed by atoms with Crippen molar-refractivity contribution in [1.29, 1.82) is 0 Å². The van der Waals surface area contributed by atoms with E-state index >= 15 is 0 Å². The molecule has 31 heavy (non-hydrogen) atoms. The number of guanidine groups is 1. The number of nitrogens with one attached hydrogen (secondary N) is 2. The van der Waals surface area contributed by atoms with Crippen LogP contribution >= 0.6 is 11.3 Å². The molecule has 7 nitrogen and oxygen atoms in total. The third-order valence-corrected chi connectivity index (χ3v) is 6.20. The van der Waals surface area contributed by atoms with Gasteiger partial charge in [0.05, 0.1) is 32.4 Å². The zero-order valence-electron chi connectivity index (χ0n) is 18.8. The molecule has 170 valence electrons. The lowest BCUT2D eigenvalue weighted by atomic mass is 10.1. The Morgan fingerprint density at radius 3 is 2.68 bits per heavy atom. The van der Waals surface area contributed by atoms with Crippen LogP contribution in [0.4, 0.5) is 0 Å². The third kappa shape index (κ3) is 6.85. The number of rotatable bonds is 9. The maximum absolute atomic E-state index is 6.03. The monoisotopic (exact) mass is 446 g/mol. The van der Waals surface area contributed by atoms with Crippen LogP contribution < -0.4 is 20.1 Å². The number of nitrogens with zero attached hydrogens (tertiary/aromatic N) is 2. The van der Waals surface area contributed by atoms with E-state index < -0.39 is 0 Å². The standard InChI is InChI=1S/C23H34N4O3S/c1-17(30-21-9-6-5-8-20(21)28-4)14-25-23(24-3)26-15-19(22-10-7-13-31-22)27-11-12-29-18(2)16-27/h5-10,13,17-19H,11-12,14-16H2,1-4H3,(H2,24,25,26). The third-order valence-electron chi connectivity index (χ3n) is 5.23. The topological polar surface area (TPSA) is 67.4 Å². The highest BCUT2D eigenvalue weighted by molar-refractivity contribution is 7.10. The number of hydrogen-bond acceptors (Lipinski definition) is 6. The predicted molar refractivity (Wildman–Crippen MR) is 126 cm³/mol. The van der Waals surface area contributed by atoms with Gasteiger partial charge in [-0.3, -0.25) is 9.89 Å². The van der Waals surface area contributed by atoms with Crippen molar-refractivity contribution < 1.29 is 14.2 Å². The van der Waals surface area contributed by atoms with Crippen molar-refractivity contribution >= 4 is 17.3 Å². The predicted octanol–water partition coefficient (Wildman–Crippen LogP) is 3.15. The molecule has 1 aromatic heterocycles. The van der Waals surface area contributed by atoms with Crippen LogP contribution in [0.25, 0.3) is 0 Å². The van der Waals surface area contributed by atoms with Crippen LogP contribution in [0.2, 0.25) is 0 Å². The first kappa shape index (κ1) is 23.4. The molecule has 1 aliphatic heterocycles. The molecule has 1 saturated heterocycles. The van der Waals surface area contributed by atoms with Crippen LogP contribution in [0.5, 0.6) is 11.5 Å². The average molecular weight is 447 g/mol. The van der Waals surface area contributed by atoms with Gasteiger partial charge in [-0.2, -0.15) is 0 Å². The second-order valence-corrected chi connectivity index (χ2v) is 8.60. The second-order valence-electron chi connectivity index (χ2n) is 7.62. The van der Waals surface area contributed by atoms with Crippen molar-refractivity contribution in [1.82, 2.24) is 15.5 Å². The largest absolute Gasteiger partial charge is 0.493 e. The van der Waals surface area contributed by atoms with Gasteiger partial charge < -0.3 is 24.8 Å². The van der Waals surface area contributed by atoms with E-state index in [-0.39, 0.29) is 18.2 Å². The molecular weight excluding hydrogens is 412 g/mol. The Bertz CT molecular complexity index is 815. The van der Waals surface area contributed by atoms with E-state index in [1.807, 2.05) is 31.2 Å². The smallest absolute Gasteiger partial charge is 0.191 e. The molecule has 3 rings (SSSR count). The molecule has 0 amide bonds. The zero-order chi connectivity index (χ0) is 22.1. The highest BCUT2D eigenvalue weighted by atomic mass is 32.1. The average Bonchev–Trinajstić information content (AvgIpc) is 3.31. The summed E-state index contributed by atoms with van der Waals surface area (Å²) in [4.78, 5) is 8.23. The molecule has 1 fully saturated rings. The van der Waals surface area contributed by atoms with Gasteiger partial charge in [0.2, 0.25) is 0 Å². The molecule has 0 saturated carbocycles. The number of thiophene rings is 1. The summed E-state index contributed by atoms with van der Waals surface area (Å²) >= 11 is 1.79. The van der Waals surface area contributed by atoms with Crippen molar-refractivity contribution in [2.75, 3.05) is 46.9 Å². The van der Waals surface area contributed by atoms with E-state index in [0.717, 1.165) is 43.7 Å². The van der Waals surface area contributed by atoms with Gasteiger partial charge in [0, 0.05) is 31.6 Å². The number of para-hydroxylation sites is 2. The van der Waals surface area contributed by atoms with Crippen molar-refractivity contribution in [3.05, 3.63) is 46.7 Å². The van der Waals surface area contributed by atoms with Crippen molar-refractivity contribution in [3.8, 4) is 11.5 Å². The van der Waals surface area contributed by atoms with Crippen LogP contribution in [0, 0.1) is 0 Å². The Hall–Kier alpha value is -2.29. The van der Waals surface area contributed by atoms with Gasteiger partial charge >= 0.3 is 0 Å². The molecule has 0 bridgehead atoms. The van der Waals surface area contributed by atoms with Gasteiger partial charge in [-0.1, -0.05) is 18.2 Å². The molecular formula is C23H34N4O3S. The summed E-state index contributed by atoms with van der Waals surface area (Å²) in [6.07, 6.45) is 0.199. The lowest BCUT2D eigenvalue weighted by Gasteiger charge is -2.37. The summed E-state index contributed by atoms with van der Waals surface area (Å²) in [6, 6.07) is 12.3. The van der Waals surface area contributed by atoms with Crippen LogP contribution in [-0.2, 0) is 4.74 Å². The molecule has 2 aromatic rings. The second kappa shape index (κ2) is 11.9. The molecule has 3 atom stereocenters. The summed E-state index contributed by atoms with van der Waals surface area (Å²) in [5.74, 6) is 2.23. The van der Waals surface area contributed by atoms with Crippen molar-refractivity contribution in [2.24, 2.45) is 4.99 Å². The number of aliphatic imine (C=N–C) groups is 1. The van der Waals surface area contributed by atoms with E-state index in [0.29, 0.717) is 6.54 Å². The number of hydrogen-bond donors (Lipinski definition) is 2. The molecule has 0 spiro atoms. The lowest BCUT2D eigenvalue weighted by molar-refractivity contribution is -0.0334. The summed E-state index contributed by atoms with van der Waals surface area (Å²) in [6.45, 7) is 8.19. The molecule has 2 N–H and O–H groups in total. The van der Waals surface area contributed by atoms with Gasteiger partial charge in [0.25, 0.3) is 0 Å². The first-order valence-corrected chi connectivity index (χ1v) is 11.6. The molecule has 0 aliphatic carbocycles. The maximum Gasteiger partial charge on any atom is 0.191 e. The van der Waals surface area contributed by atoms with Gasteiger partial charge in [0.15, 0.2) is 17.5 Å². The quantitative estimate of drug-likeness (QED) is 0.456. The summed E-state index contributed by atoms with van der Waals surface area (Å²) in [5.41, 5.74) is 0. The highest BCUT2D eigenvalue weighted by Gasteiger charge is 2.26. The van der Waals surface area contributed by atoms with Gasteiger partial charge in [0.1, 0.15) is 6.10 Å². The Labute approximate surface area is 189 Å². The Kier molecular flexibility index (Phi) is 8.99. The van der Waals surface area contributed by atoms with E-state index in [4.69, 9.17) is 14.2 Å². The maximum atomic E-state index is 6.03. The van der Waals surface area contributed by atoms with Gasteiger partial charge in [-0.25, -0.2) is 0 Å². The fourth-order valence-electron chi connectivity index (χ4n) is 3.65. The first-order chi connectivity index (χ1) is 15.1. The summed E-state index contributed by atoms with van der Waals surface area (Å²) in [5, 5.41) is 9.00. The van der Waals surface area contributed by atoms with E-state index in [1.54, 1.807) is 25.5 Å². The molecule has 8 heteroatoms. The van der Waals surface area contributed by atoms with Gasteiger partial charge in [-0.15, -0.1) is 11.3 Å². The van der Waals surface area contributed by atoms with Crippen molar-refractivity contribution in [3.63, 3.8) is 0 Å². The van der Waals surface area contributed by atoms with E-state index in [2.05, 4.69) is 45.0 Å². The summed E-state index contributed by atoms with van der Waals surface area (Å²) < 4.78 is 17.1. The molecule has 1 aliphatic rings. The highest BCUT2D eigenvalue weighted by Crippen LogP contribution is 2.27. The van der Waals surface area contributed by atoms with Crippen molar-refractivity contribution in [2.45, 2.75) is 32.1 Å². The van der Waals surface area contributed by atoms with Gasteiger partial charge in [-0.05, 0) is 37.4 Å². The zero-order valence-corrected chi connectivity index (χ0v) is 19.7.